The maximum atomic E-state index is 10.9. The van der Waals surface area contributed by atoms with E-state index in [-0.39, 0.29) is 6.54 Å². The van der Waals surface area contributed by atoms with E-state index < -0.39 is 11.6 Å². The van der Waals surface area contributed by atoms with Gasteiger partial charge in [0.05, 0.1) is 0 Å². The summed E-state index contributed by atoms with van der Waals surface area (Å²) in [5, 5.41) is 18.8. The van der Waals surface area contributed by atoms with Gasteiger partial charge in [0, 0.05) is 13.1 Å². The van der Waals surface area contributed by atoms with Crippen LogP contribution >= 0.6 is 0 Å². The van der Waals surface area contributed by atoms with Crippen LogP contribution in [0.1, 0.15) is 24.5 Å². The van der Waals surface area contributed by atoms with Gasteiger partial charge in [0.1, 0.15) is 0 Å². The number of rotatable bonds is 3. The molecule has 0 bridgehead atoms. The molecule has 2 rings (SSSR count). The van der Waals surface area contributed by atoms with Gasteiger partial charge in [-0.25, -0.2) is 4.79 Å². The van der Waals surface area contributed by atoms with Crippen LogP contribution in [0, 0.1) is 0 Å². The summed E-state index contributed by atoms with van der Waals surface area (Å²) in [4.78, 5) is 13.0. The van der Waals surface area contributed by atoms with Crippen LogP contribution in [0.3, 0.4) is 0 Å². The smallest absolute Gasteiger partial charge is 0.336 e. The lowest BCUT2D eigenvalue weighted by Crippen LogP contribution is -2.46. The number of carbonyl (C=O) groups is 1. The molecule has 2 N–H and O–H groups in total. The van der Waals surface area contributed by atoms with Gasteiger partial charge in [-0.1, -0.05) is 24.3 Å². The minimum atomic E-state index is -1.68. The highest BCUT2D eigenvalue weighted by atomic mass is 16.4. The van der Waals surface area contributed by atoms with Gasteiger partial charge in [0.15, 0.2) is 5.60 Å². The average Bonchev–Trinajstić information content (AvgIpc) is 2.49. The second kappa shape index (κ2) is 5.08. The lowest BCUT2D eigenvalue weighted by molar-refractivity contribution is -0.158. The van der Waals surface area contributed by atoms with Crippen molar-refractivity contribution in [3.63, 3.8) is 0 Å². The summed E-state index contributed by atoms with van der Waals surface area (Å²) in [7, 11) is 0. The summed E-state index contributed by atoms with van der Waals surface area (Å²) < 4.78 is 0. The number of aliphatic hydroxyl groups is 1. The Kier molecular flexibility index (Phi) is 3.68. The Bertz CT molecular complexity index is 442. The van der Waals surface area contributed by atoms with Crippen LogP contribution in [0.2, 0.25) is 0 Å². The molecule has 0 aliphatic carbocycles. The van der Waals surface area contributed by atoms with E-state index in [4.69, 9.17) is 5.11 Å². The summed E-state index contributed by atoms with van der Waals surface area (Å²) in [5.41, 5.74) is 0.880. The van der Waals surface area contributed by atoms with E-state index in [9.17, 15) is 9.90 Å². The highest BCUT2D eigenvalue weighted by Gasteiger charge is 2.32. The summed E-state index contributed by atoms with van der Waals surface area (Å²) in [6, 6.07) is 8.22. The zero-order valence-corrected chi connectivity index (χ0v) is 10.6. The minimum Gasteiger partial charge on any atom is -0.479 e. The Morgan fingerprint density at radius 3 is 2.72 bits per heavy atom. The van der Waals surface area contributed by atoms with E-state index in [1.807, 2.05) is 17.0 Å². The molecule has 0 radical (unpaired) electrons. The molecular formula is C14H19NO3. The molecule has 0 saturated carbocycles. The van der Waals surface area contributed by atoms with Gasteiger partial charge in [-0.15, -0.1) is 0 Å². The normalized spacial score (nSPS) is 19.7. The number of aryl methyl sites for hydroxylation is 1. The molecule has 1 aliphatic heterocycles. The Morgan fingerprint density at radius 1 is 1.39 bits per heavy atom. The van der Waals surface area contributed by atoms with Crippen molar-refractivity contribution in [3.8, 4) is 0 Å². The Labute approximate surface area is 107 Å². The van der Waals surface area contributed by atoms with Crippen molar-refractivity contribution in [2.24, 2.45) is 0 Å². The monoisotopic (exact) mass is 249 g/mol. The van der Waals surface area contributed by atoms with Gasteiger partial charge in [-0.3, -0.25) is 4.90 Å². The molecule has 0 aromatic heterocycles. The highest BCUT2D eigenvalue weighted by Crippen LogP contribution is 2.20. The molecule has 1 atom stereocenters. The summed E-state index contributed by atoms with van der Waals surface area (Å²) in [6.07, 6.45) is 2.01. The first-order valence-corrected chi connectivity index (χ1v) is 6.24. The lowest BCUT2D eigenvalue weighted by atomic mass is 10.0. The fourth-order valence-electron chi connectivity index (χ4n) is 2.41. The van der Waals surface area contributed by atoms with Crippen LogP contribution in [-0.2, 0) is 17.8 Å². The van der Waals surface area contributed by atoms with Crippen molar-refractivity contribution in [1.82, 2.24) is 4.90 Å². The lowest BCUT2D eigenvalue weighted by Gasteiger charge is -2.27. The zero-order valence-electron chi connectivity index (χ0n) is 10.6. The molecule has 1 unspecified atom stereocenters. The third-order valence-corrected chi connectivity index (χ3v) is 3.43. The van der Waals surface area contributed by atoms with E-state index in [2.05, 4.69) is 12.1 Å². The van der Waals surface area contributed by atoms with Gasteiger partial charge in [-0.05, 0) is 37.4 Å². The molecule has 1 aromatic carbocycles. The molecule has 1 heterocycles. The van der Waals surface area contributed by atoms with Crippen molar-refractivity contribution >= 4 is 5.97 Å². The molecule has 4 nitrogen and oxygen atoms in total. The van der Waals surface area contributed by atoms with Gasteiger partial charge in [-0.2, -0.15) is 0 Å². The summed E-state index contributed by atoms with van der Waals surface area (Å²) in [6.45, 7) is 3.04. The molecule has 0 amide bonds. The van der Waals surface area contributed by atoms with E-state index in [0.717, 1.165) is 19.4 Å². The van der Waals surface area contributed by atoms with Crippen LogP contribution in [-0.4, -0.2) is 39.8 Å². The zero-order chi connectivity index (χ0) is 13.2. The number of benzene rings is 1. The van der Waals surface area contributed by atoms with Gasteiger partial charge < -0.3 is 10.2 Å². The fraction of sp³-hybridized carbons (Fsp3) is 0.500. The molecule has 0 saturated heterocycles. The Morgan fingerprint density at radius 2 is 2.06 bits per heavy atom. The number of carboxylic acid groups (broad SMARTS) is 1. The number of carboxylic acids is 1. The van der Waals surface area contributed by atoms with Crippen molar-refractivity contribution in [1.29, 1.82) is 0 Å². The van der Waals surface area contributed by atoms with Crippen LogP contribution in [0.4, 0.5) is 0 Å². The number of hydrogen-bond donors (Lipinski definition) is 2. The van der Waals surface area contributed by atoms with E-state index in [1.165, 1.54) is 18.1 Å². The molecular weight excluding hydrogens is 230 g/mol. The number of fused-ring (bicyclic) bond motifs is 1. The first-order chi connectivity index (χ1) is 8.49. The molecule has 0 spiro atoms. The molecule has 18 heavy (non-hydrogen) atoms. The first-order valence-electron chi connectivity index (χ1n) is 6.24. The molecule has 1 aromatic rings. The van der Waals surface area contributed by atoms with Crippen LogP contribution in [0.5, 0.6) is 0 Å². The molecule has 1 aliphatic rings. The minimum absolute atomic E-state index is 0.163. The Hall–Kier alpha value is -1.39. The predicted molar refractivity (Wildman–Crippen MR) is 68.3 cm³/mol. The topological polar surface area (TPSA) is 60.8 Å². The molecule has 98 valence electrons. The standard InChI is InChI=1S/C14H19NO3/c1-14(18,13(16)17)10-15-8-4-7-11-5-2-3-6-12(11)9-15/h2-3,5-6,18H,4,7-10H2,1H3,(H,16,17). The number of nitrogens with zero attached hydrogens (tertiary/aromatic N) is 1. The summed E-state index contributed by atoms with van der Waals surface area (Å²) >= 11 is 0. The van der Waals surface area contributed by atoms with Crippen molar-refractivity contribution in [3.05, 3.63) is 35.4 Å². The summed E-state index contributed by atoms with van der Waals surface area (Å²) in [5.74, 6) is -1.17. The van der Waals surface area contributed by atoms with Crippen molar-refractivity contribution in [2.75, 3.05) is 13.1 Å². The Balaban J connectivity index is 2.11. The number of aliphatic carboxylic acids is 1. The fourth-order valence-corrected chi connectivity index (χ4v) is 2.41. The van der Waals surface area contributed by atoms with Crippen molar-refractivity contribution in [2.45, 2.75) is 31.9 Å². The molecule has 4 heteroatoms. The van der Waals surface area contributed by atoms with E-state index in [1.54, 1.807) is 0 Å². The van der Waals surface area contributed by atoms with E-state index in [0.29, 0.717) is 6.54 Å². The largest absolute Gasteiger partial charge is 0.479 e. The second-order valence-corrected chi connectivity index (χ2v) is 5.16. The van der Waals surface area contributed by atoms with Gasteiger partial charge in [0.25, 0.3) is 0 Å². The van der Waals surface area contributed by atoms with Gasteiger partial charge >= 0.3 is 5.97 Å². The SMILES string of the molecule is CC(O)(CN1CCCc2ccccc2C1)C(=O)O. The highest BCUT2D eigenvalue weighted by molar-refractivity contribution is 5.76. The maximum absolute atomic E-state index is 10.9. The number of hydrogen-bond acceptors (Lipinski definition) is 3. The quantitative estimate of drug-likeness (QED) is 0.847. The first kappa shape index (κ1) is 13.1. The number of β-amino-alcohol motifs (C(OH)–C–C–N with tert-alkyl or cyclic N) is 1. The maximum Gasteiger partial charge on any atom is 0.336 e. The van der Waals surface area contributed by atoms with Crippen molar-refractivity contribution < 1.29 is 15.0 Å². The molecule has 0 fully saturated rings. The van der Waals surface area contributed by atoms with Crippen LogP contribution < -0.4 is 0 Å². The van der Waals surface area contributed by atoms with Gasteiger partial charge in [0.2, 0.25) is 0 Å². The predicted octanol–water partition coefficient (Wildman–Crippen LogP) is 1.27. The van der Waals surface area contributed by atoms with Crippen LogP contribution in [0.25, 0.3) is 0 Å². The van der Waals surface area contributed by atoms with E-state index >= 15 is 0 Å². The second-order valence-electron chi connectivity index (χ2n) is 5.16. The third kappa shape index (κ3) is 2.89. The van der Waals surface area contributed by atoms with Crippen LogP contribution in [0.15, 0.2) is 24.3 Å². The average molecular weight is 249 g/mol. The third-order valence-electron chi connectivity index (χ3n) is 3.43.